The Morgan fingerprint density at radius 2 is 1.71 bits per heavy atom. The monoisotopic (exact) mass is 395 g/mol. The third-order valence-electron chi connectivity index (χ3n) is 3.15. The van der Waals surface area contributed by atoms with Crippen LogP contribution in [0.4, 0.5) is 5.69 Å². The predicted molar refractivity (Wildman–Crippen MR) is 93.3 cm³/mol. The van der Waals surface area contributed by atoms with E-state index in [0.29, 0.717) is 13.1 Å². The Hall–Kier alpha value is -1.60. The van der Waals surface area contributed by atoms with Gasteiger partial charge in [-0.1, -0.05) is 30.3 Å². The van der Waals surface area contributed by atoms with Gasteiger partial charge in [0.05, 0.1) is 6.54 Å². The number of anilines is 1. The van der Waals surface area contributed by atoms with Crippen molar-refractivity contribution < 1.29 is 4.79 Å². The fourth-order valence-corrected chi connectivity index (χ4v) is 2.51. The number of hydrogen-bond acceptors (Lipinski definition) is 3. The van der Waals surface area contributed by atoms with Crippen molar-refractivity contribution in [1.82, 2.24) is 4.90 Å². The van der Waals surface area contributed by atoms with Gasteiger partial charge in [0.2, 0.25) is 5.91 Å². The molecule has 0 bridgehead atoms. The third-order valence-corrected chi connectivity index (χ3v) is 3.87. The average molecular weight is 395 g/mol. The van der Waals surface area contributed by atoms with E-state index in [1.165, 1.54) is 3.57 Å². The van der Waals surface area contributed by atoms with E-state index in [1.54, 1.807) is 0 Å². The lowest BCUT2D eigenvalue weighted by Crippen LogP contribution is -2.33. The lowest BCUT2D eigenvalue weighted by molar-refractivity contribution is -0.119. The van der Waals surface area contributed by atoms with Crippen LogP contribution in [0.5, 0.6) is 0 Å². The standard InChI is InChI=1S/C16H18IN3O/c17-14-7-5-12(6-8-14)9-20(11-16(19)21)10-13-3-1-2-4-15(13)18/h1-8H,9-11,18H2,(H2,19,21). The minimum absolute atomic E-state index is 0.209. The molecule has 0 atom stereocenters. The van der Waals surface area contributed by atoms with Gasteiger partial charge in [0.25, 0.3) is 0 Å². The summed E-state index contributed by atoms with van der Waals surface area (Å²) in [6.07, 6.45) is 0. The SMILES string of the molecule is NC(=O)CN(Cc1ccc(I)cc1)Cc1ccccc1N. The number of para-hydroxylation sites is 1. The molecule has 2 rings (SSSR count). The first-order valence-corrected chi connectivity index (χ1v) is 7.71. The summed E-state index contributed by atoms with van der Waals surface area (Å²) < 4.78 is 1.19. The molecule has 0 saturated heterocycles. The molecule has 0 spiro atoms. The second kappa shape index (κ2) is 7.42. The quantitative estimate of drug-likeness (QED) is 0.583. The van der Waals surface area contributed by atoms with Gasteiger partial charge in [0.1, 0.15) is 0 Å². The van der Waals surface area contributed by atoms with Crippen LogP contribution in [-0.4, -0.2) is 17.4 Å². The Bertz CT molecular complexity index is 613. The molecule has 4 nitrogen and oxygen atoms in total. The highest BCUT2D eigenvalue weighted by Gasteiger charge is 2.11. The maximum Gasteiger partial charge on any atom is 0.231 e. The minimum Gasteiger partial charge on any atom is -0.398 e. The van der Waals surface area contributed by atoms with E-state index < -0.39 is 0 Å². The number of nitrogens with two attached hydrogens (primary N) is 2. The van der Waals surface area contributed by atoms with Crippen molar-refractivity contribution in [1.29, 1.82) is 0 Å². The molecule has 0 fully saturated rings. The molecule has 0 aliphatic rings. The summed E-state index contributed by atoms with van der Waals surface area (Å²) in [7, 11) is 0. The van der Waals surface area contributed by atoms with Crippen molar-refractivity contribution in [3.05, 3.63) is 63.2 Å². The number of hydrogen-bond donors (Lipinski definition) is 2. The van der Waals surface area contributed by atoms with Crippen molar-refractivity contribution in [2.75, 3.05) is 12.3 Å². The molecular formula is C16H18IN3O. The van der Waals surface area contributed by atoms with E-state index in [4.69, 9.17) is 11.5 Å². The van der Waals surface area contributed by atoms with Crippen LogP contribution in [0.25, 0.3) is 0 Å². The summed E-state index contributed by atoms with van der Waals surface area (Å²) in [6, 6.07) is 15.9. The Balaban J connectivity index is 2.12. The van der Waals surface area contributed by atoms with Crippen molar-refractivity contribution in [2.45, 2.75) is 13.1 Å². The smallest absolute Gasteiger partial charge is 0.231 e. The number of nitrogen functional groups attached to an aromatic ring is 1. The molecular weight excluding hydrogens is 377 g/mol. The molecule has 2 aromatic carbocycles. The van der Waals surface area contributed by atoms with Crippen LogP contribution in [0, 0.1) is 3.57 Å². The summed E-state index contributed by atoms with van der Waals surface area (Å²) in [5, 5.41) is 0. The molecule has 4 N–H and O–H groups in total. The maximum atomic E-state index is 11.3. The lowest BCUT2D eigenvalue weighted by atomic mass is 10.1. The molecule has 0 heterocycles. The van der Waals surface area contributed by atoms with Gasteiger partial charge >= 0.3 is 0 Å². The predicted octanol–water partition coefficient (Wildman–Crippen LogP) is 2.36. The zero-order valence-electron chi connectivity index (χ0n) is 11.6. The fraction of sp³-hybridized carbons (Fsp3) is 0.188. The molecule has 0 aliphatic heterocycles. The molecule has 2 aromatic rings. The molecule has 0 unspecified atom stereocenters. The summed E-state index contributed by atoms with van der Waals surface area (Å²) in [4.78, 5) is 13.3. The Kier molecular flexibility index (Phi) is 5.58. The van der Waals surface area contributed by atoms with Crippen LogP contribution in [0.1, 0.15) is 11.1 Å². The van der Waals surface area contributed by atoms with Gasteiger partial charge in [-0.25, -0.2) is 0 Å². The zero-order valence-corrected chi connectivity index (χ0v) is 13.8. The van der Waals surface area contributed by atoms with Crippen LogP contribution >= 0.6 is 22.6 Å². The van der Waals surface area contributed by atoms with Crippen molar-refractivity contribution >= 4 is 34.2 Å². The van der Waals surface area contributed by atoms with Crippen LogP contribution in [-0.2, 0) is 17.9 Å². The summed E-state index contributed by atoms with van der Waals surface area (Å²) in [5.74, 6) is -0.338. The first-order chi connectivity index (χ1) is 10.0. The number of amides is 1. The number of carbonyl (C=O) groups excluding carboxylic acids is 1. The largest absolute Gasteiger partial charge is 0.398 e. The third kappa shape index (κ3) is 5.02. The van der Waals surface area contributed by atoms with Crippen molar-refractivity contribution in [2.24, 2.45) is 5.73 Å². The Morgan fingerprint density at radius 3 is 2.33 bits per heavy atom. The van der Waals surface area contributed by atoms with Gasteiger partial charge in [-0.3, -0.25) is 9.69 Å². The van der Waals surface area contributed by atoms with Crippen LogP contribution < -0.4 is 11.5 Å². The summed E-state index contributed by atoms with van der Waals surface area (Å²) in [6.45, 7) is 1.47. The maximum absolute atomic E-state index is 11.3. The molecule has 21 heavy (non-hydrogen) atoms. The van der Waals surface area contributed by atoms with E-state index in [1.807, 2.05) is 29.2 Å². The zero-order chi connectivity index (χ0) is 15.2. The number of primary amides is 1. The minimum atomic E-state index is -0.338. The number of rotatable bonds is 6. The molecule has 5 heteroatoms. The number of benzene rings is 2. The molecule has 0 saturated carbocycles. The lowest BCUT2D eigenvalue weighted by Gasteiger charge is -2.21. The topological polar surface area (TPSA) is 72.4 Å². The second-order valence-electron chi connectivity index (χ2n) is 4.94. The fourth-order valence-electron chi connectivity index (χ4n) is 2.16. The van der Waals surface area contributed by atoms with E-state index in [9.17, 15) is 4.79 Å². The number of halogens is 1. The van der Waals surface area contributed by atoms with Crippen molar-refractivity contribution in [3.8, 4) is 0 Å². The first kappa shape index (κ1) is 15.8. The molecule has 0 aliphatic carbocycles. The summed E-state index contributed by atoms with van der Waals surface area (Å²) in [5.41, 5.74) is 14.2. The highest BCUT2D eigenvalue weighted by atomic mass is 127. The Labute approximate surface area is 138 Å². The van der Waals surface area contributed by atoms with E-state index in [2.05, 4.69) is 46.9 Å². The van der Waals surface area contributed by atoms with Gasteiger partial charge in [-0.2, -0.15) is 0 Å². The highest BCUT2D eigenvalue weighted by Crippen LogP contribution is 2.16. The molecule has 0 radical (unpaired) electrons. The first-order valence-electron chi connectivity index (χ1n) is 6.63. The van der Waals surface area contributed by atoms with Gasteiger partial charge < -0.3 is 11.5 Å². The second-order valence-corrected chi connectivity index (χ2v) is 6.18. The van der Waals surface area contributed by atoms with Gasteiger partial charge in [0.15, 0.2) is 0 Å². The average Bonchev–Trinajstić information content (AvgIpc) is 2.43. The van der Waals surface area contributed by atoms with Gasteiger partial charge in [0, 0.05) is 22.3 Å². The van der Waals surface area contributed by atoms with Crippen molar-refractivity contribution in [3.63, 3.8) is 0 Å². The highest BCUT2D eigenvalue weighted by molar-refractivity contribution is 14.1. The Morgan fingerprint density at radius 1 is 1.05 bits per heavy atom. The van der Waals surface area contributed by atoms with Gasteiger partial charge in [-0.05, 0) is 51.9 Å². The molecule has 0 aromatic heterocycles. The van der Waals surface area contributed by atoms with Crippen LogP contribution in [0.15, 0.2) is 48.5 Å². The van der Waals surface area contributed by atoms with E-state index in [-0.39, 0.29) is 12.5 Å². The number of carbonyl (C=O) groups is 1. The number of nitrogens with zero attached hydrogens (tertiary/aromatic N) is 1. The molecule has 110 valence electrons. The van der Waals surface area contributed by atoms with Crippen LogP contribution in [0.3, 0.4) is 0 Å². The van der Waals surface area contributed by atoms with E-state index in [0.717, 1.165) is 16.8 Å². The van der Waals surface area contributed by atoms with E-state index >= 15 is 0 Å². The normalized spacial score (nSPS) is 10.8. The van der Waals surface area contributed by atoms with Crippen LogP contribution in [0.2, 0.25) is 0 Å². The summed E-state index contributed by atoms with van der Waals surface area (Å²) >= 11 is 2.27. The van der Waals surface area contributed by atoms with Gasteiger partial charge in [-0.15, -0.1) is 0 Å². The molecule has 1 amide bonds.